The highest BCUT2D eigenvalue weighted by molar-refractivity contribution is 7.80. The quantitative estimate of drug-likeness (QED) is 0.499. The van der Waals surface area contributed by atoms with E-state index in [4.69, 9.17) is 38.5 Å². The number of aromatic nitrogens is 2. The first-order valence-corrected chi connectivity index (χ1v) is 14.2. The minimum atomic E-state index is -0.0515. The summed E-state index contributed by atoms with van der Waals surface area (Å²) in [6.45, 7) is 6.38. The molecule has 9 heteroatoms. The molecule has 2 N–H and O–H groups in total. The van der Waals surface area contributed by atoms with Gasteiger partial charge in [0.05, 0.1) is 0 Å². The van der Waals surface area contributed by atoms with Crippen LogP contribution in [0.4, 0.5) is 17.6 Å². The van der Waals surface area contributed by atoms with Crippen LogP contribution >= 0.6 is 23.8 Å². The molecule has 0 saturated carbocycles. The molecule has 0 aliphatic carbocycles. The molecule has 1 aromatic carbocycles. The summed E-state index contributed by atoms with van der Waals surface area (Å²) in [5.74, 6) is 2.57. The minimum Gasteiger partial charge on any atom is -0.381 e. The third kappa shape index (κ3) is 6.21. The van der Waals surface area contributed by atoms with Crippen molar-refractivity contribution >= 4 is 46.5 Å². The average Bonchev–Trinajstić information content (AvgIpc) is 2.93. The second-order valence-electron chi connectivity index (χ2n) is 10.2. The zero-order valence-corrected chi connectivity index (χ0v) is 22.5. The fraction of sp³-hybridized carbons (Fsp3) is 0.593. The summed E-state index contributed by atoms with van der Waals surface area (Å²) >= 11 is 11.9. The van der Waals surface area contributed by atoms with E-state index in [-0.39, 0.29) is 5.41 Å². The van der Waals surface area contributed by atoms with Gasteiger partial charge in [0, 0.05) is 62.4 Å². The third-order valence-corrected chi connectivity index (χ3v) is 8.28. The van der Waals surface area contributed by atoms with Crippen molar-refractivity contribution in [3.8, 4) is 0 Å². The van der Waals surface area contributed by atoms with Crippen LogP contribution in [0.15, 0.2) is 30.3 Å². The van der Waals surface area contributed by atoms with Gasteiger partial charge < -0.3 is 25.2 Å². The van der Waals surface area contributed by atoms with Gasteiger partial charge in [0.2, 0.25) is 5.95 Å². The highest BCUT2D eigenvalue weighted by Gasteiger charge is 2.34. The van der Waals surface area contributed by atoms with Gasteiger partial charge in [-0.05, 0) is 81.3 Å². The largest absolute Gasteiger partial charge is 0.381 e. The minimum absolute atomic E-state index is 0.0515. The Morgan fingerprint density at radius 1 is 0.889 bits per heavy atom. The predicted octanol–water partition coefficient (Wildman–Crippen LogP) is 5.15. The van der Waals surface area contributed by atoms with Crippen molar-refractivity contribution in [1.82, 2.24) is 15.3 Å². The van der Waals surface area contributed by atoms with Gasteiger partial charge in [-0.25, -0.2) is 0 Å². The van der Waals surface area contributed by atoms with Crippen molar-refractivity contribution in [1.29, 1.82) is 0 Å². The molecule has 3 saturated heterocycles. The van der Waals surface area contributed by atoms with Gasteiger partial charge >= 0.3 is 0 Å². The summed E-state index contributed by atoms with van der Waals surface area (Å²) < 4.78 is 5.68. The number of thiocarbonyl (C=S) groups is 1. The molecule has 0 spiro atoms. The van der Waals surface area contributed by atoms with Crippen molar-refractivity contribution in [2.45, 2.75) is 56.8 Å². The van der Waals surface area contributed by atoms with Crippen molar-refractivity contribution < 1.29 is 4.74 Å². The highest BCUT2D eigenvalue weighted by atomic mass is 35.5. The molecule has 194 valence electrons. The molecular formula is C27H37ClN6OS. The van der Waals surface area contributed by atoms with Crippen LogP contribution < -0.4 is 20.4 Å². The number of hydrogen-bond donors (Lipinski definition) is 2. The molecular weight excluding hydrogens is 492 g/mol. The topological polar surface area (TPSA) is 65.6 Å². The number of rotatable bonds is 6. The van der Waals surface area contributed by atoms with Crippen LogP contribution in [-0.2, 0) is 10.2 Å². The van der Waals surface area contributed by atoms with Crippen molar-refractivity contribution in [2.24, 2.45) is 0 Å². The lowest BCUT2D eigenvalue weighted by atomic mass is 9.74. The summed E-state index contributed by atoms with van der Waals surface area (Å²) in [7, 11) is 0. The normalized spacial score (nSPS) is 20.1. The summed E-state index contributed by atoms with van der Waals surface area (Å²) in [5, 5.41) is 8.09. The maximum absolute atomic E-state index is 6.16. The Hall–Kier alpha value is -2.16. The third-order valence-electron chi connectivity index (χ3n) is 7.78. The molecule has 1 aromatic heterocycles. The molecule has 3 fully saturated rings. The number of nitrogens with one attached hydrogen (secondary N) is 2. The lowest BCUT2D eigenvalue weighted by molar-refractivity contribution is 0.0515. The second kappa shape index (κ2) is 11.9. The molecule has 2 aromatic rings. The molecule has 3 aliphatic rings. The molecule has 5 rings (SSSR count). The average molecular weight is 529 g/mol. The van der Waals surface area contributed by atoms with Crippen LogP contribution in [0.3, 0.4) is 0 Å². The number of hydrogen-bond acceptors (Lipinski definition) is 6. The number of benzene rings is 1. The van der Waals surface area contributed by atoms with Crippen LogP contribution in [0.2, 0.25) is 5.02 Å². The highest BCUT2D eigenvalue weighted by Crippen LogP contribution is 2.35. The lowest BCUT2D eigenvalue weighted by Crippen LogP contribution is -2.45. The SMILES string of the molecule is S=C(NCC1(c2ccc(Cl)cc2)CCOCC1)Nc1nc(N2CCCCC2)cc(N2CCCCC2)n1. The molecule has 0 unspecified atom stereocenters. The van der Waals surface area contributed by atoms with Crippen LogP contribution in [0.5, 0.6) is 0 Å². The standard InChI is InChI=1S/C27H37ClN6OS/c28-22-9-7-21(8-10-22)27(11-17-35-18-12-27)20-29-26(36)32-25-30-23(33-13-3-1-4-14-33)19-24(31-25)34-15-5-2-6-16-34/h7-10,19H,1-6,11-18,20H2,(H2,29,30,31,32,36). The molecule has 4 heterocycles. The zero-order chi connectivity index (χ0) is 24.8. The molecule has 0 bridgehead atoms. The molecule has 0 amide bonds. The maximum atomic E-state index is 6.16. The van der Waals surface area contributed by atoms with Gasteiger partial charge in [0.15, 0.2) is 5.11 Å². The van der Waals surface area contributed by atoms with Gasteiger partial charge in [0.25, 0.3) is 0 Å². The first kappa shape index (κ1) is 25.5. The number of nitrogens with zero attached hydrogens (tertiary/aromatic N) is 4. The number of ether oxygens (including phenoxy) is 1. The van der Waals surface area contributed by atoms with Crippen molar-refractivity contribution in [2.75, 3.05) is 61.1 Å². The van der Waals surface area contributed by atoms with E-state index in [1.807, 2.05) is 12.1 Å². The van der Waals surface area contributed by atoms with E-state index in [9.17, 15) is 0 Å². The van der Waals surface area contributed by atoms with Gasteiger partial charge in [-0.3, -0.25) is 0 Å². The smallest absolute Gasteiger partial charge is 0.232 e. The van der Waals surface area contributed by atoms with Crippen LogP contribution in [-0.4, -0.2) is 61.0 Å². The maximum Gasteiger partial charge on any atom is 0.232 e. The molecule has 0 atom stereocenters. The summed E-state index contributed by atoms with van der Waals surface area (Å²) in [4.78, 5) is 14.5. The van der Waals surface area contributed by atoms with E-state index < -0.39 is 0 Å². The van der Waals surface area contributed by atoms with Crippen LogP contribution in [0.1, 0.15) is 56.9 Å². The molecule has 36 heavy (non-hydrogen) atoms. The monoisotopic (exact) mass is 528 g/mol. The molecule has 3 aliphatic heterocycles. The molecule has 0 radical (unpaired) electrons. The summed E-state index contributed by atoms with van der Waals surface area (Å²) in [5.41, 5.74) is 1.21. The van der Waals surface area contributed by atoms with Gasteiger partial charge in [-0.2, -0.15) is 9.97 Å². The van der Waals surface area contributed by atoms with Crippen LogP contribution in [0.25, 0.3) is 0 Å². The Bertz CT molecular complexity index is 981. The number of halogens is 1. The Morgan fingerprint density at radius 2 is 1.44 bits per heavy atom. The summed E-state index contributed by atoms with van der Waals surface area (Å²) in [6, 6.07) is 10.3. The van der Waals surface area contributed by atoms with Gasteiger partial charge in [-0.1, -0.05) is 23.7 Å². The second-order valence-corrected chi connectivity index (χ2v) is 11.1. The first-order valence-electron chi connectivity index (χ1n) is 13.4. The van der Waals surface area contributed by atoms with Crippen molar-refractivity contribution in [3.63, 3.8) is 0 Å². The van der Waals surface area contributed by atoms with E-state index in [2.05, 4.69) is 38.6 Å². The fourth-order valence-electron chi connectivity index (χ4n) is 5.58. The number of piperidine rings is 2. The summed E-state index contributed by atoms with van der Waals surface area (Å²) in [6.07, 6.45) is 9.30. The molecule has 7 nitrogen and oxygen atoms in total. The van der Waals surface area contributed by atoms with E-state index in [0.29, 0.717) is 17.6 Å². The van der Waals surface area contributed by atoms with Gasteiger partial charge in [-0.15, -0.1) is 0 Å². The van der Waals surface area contributed by atoms with E-state index in [1.54, 1.807) is 0 Å². The number of anilines is 3. The first-order chi connectivity index (χ1) is 17.6. The fourth-order valence-corrected chi connectivity index (χ4v) is 5.87. The van der Waals surface area contributed by atoms with Crippen LogP contribution in [0, 0.1) is 0 Å². The zero-order valence-electron chi connectivity index (χ0n) is 21.0. The Kier molecular flexibility index (Phi) is 8.44. The Morgan fingerprint density at radius 3 is 2.00 bits per heavy atom. The Balaban J connectivity index is 1.31. The predicted molar refractivity (Wildman–Crippen MR) is 152 cm³/mol. The lowest BCUT2D eigenvalue weighted by Gasteiger charge is -2.38. The van der Waals surface area contributed by atoms with E-state index >= 15 is 0 Å². The Labute approximate surface area is 225 Å². The van der Waals surface area contributed by atoms with Crippen molar-refractivity contribution in [3.05, 3.63) is 40.9 Å². The van der Waals surface area contributed by atoms with E-state index in [1.165, 1.54) is 44.1 Å². The van der Waals surface area contributed by atoms with E-state index in [0.717, 1.165) is 68.9 Å². The van der Waals surface area contributed by atoms with Gasteiger partial charge in [0.1, 0.15) is 11.6 Å².